The Balaban J connectivity index is 1.70. The van der Waals surface area contributed by atoms with Gasteiger partial charge in [-0.3, -0.25) is 9.48 Å². The Labute approximate surface area is 201 Å². The highest BCUT2D eigenvalue weighted by Gasteiger charge is 2.16. The molecule has 33 heavy (non-hydrogen) atoms. The molecule has 5 nitrogen and oxygen atoms in total. The van der Waals surface area contributed by atoms with E-state index < -0.39 is 5.91 Å². The Morgan fingerprint density at radius 3 is 2.42 bits per heavy atom. The van der Waals surface area contributed by atoms with Gasteiger partial charge >= 0.3 is 0 Å². The number of rotatable bonds is 6. The van der Waals surface area contributed by atoms with Gasteiger partial charge in [-0.2, -0.15) is 10.4 Å². The molecule has 0 aliphatic carbocycles. The highest BCUT2D eigenvalue weighted by Crippen LogP contribution is 2.27. The fourth-order valence-corrected chi connectivity index (χ4v) is 3.64. The minimum atomic E-state index is -0.587. The predicted molar refractivity (Wildman–Crippen MR) is 132 cm³/mol. The summed E-state index contributed by atoms with van der Waals surface area (Å²) in [6.07, 6.45) is 3.36. The minimum absolute atomic E-state index is 0.0810. The van der Waals surface area contributed by atoms with Crippen molar-refractivity contribution < 1.29 is 4.79 Å². The van der Waals surface area contributed by atoms with Crippen LogP contribution in [-0.4, -0.2) is 15.7 Å². The summed E-state index contributed by atoms with van der Waals surface area (Å²) in [5, 5.41) is 17.8. The molecule has 0 unspecified atom stereocenters. The Bertz CT molecular complexity index is 1360. The standard InChI is InChI=1S/C26H18Cl2N4O/c27-22-11-12-23(28)24(14-22)30-26(33)20(15-29)13-21-17-32(16-18-7-3-1-4-8-18)31-25(21)19-9-5-2-6-10-19/h1-14,17H,16H2,(H,30,33)/b20-13+. The van der Waals surface area contributed by atoms with E-state index in [1.54, 1.807) is 16.8 Å². The van der Waals surface area contributed by atoms with Gasteiger partial charge < -0.3 is 5.32 Å². The molecule has 1 amide bonds. The van der Waals surface area contributed by atoms with Gasteiger partial charge in [-0.05, 0) is 29.8 Å². The summed E-state index contributed by atoms with van der Waals surface area (Å²) in [6.45, 7) is 0.556. The largest absolute Gasteiger partial charge is 0.320 e. The Morgan fingerprint density at radius 1 is 1.03 bits per heavy atom. The number of carbonyl (C=O) groups is 1. The van der Waals surface area contributed by atoms with Crippen molar-refractivity contribution in [3.63, 3.8) is 0 Å². The first-order chi connectivity index (χ1) is 16.0. The van der Waals surface area contributed by atoms with Gasteiger partial charge in [-0.15, -0.1) is 0 Å². The van der Waals surface area contributed by atoms with Crippen molar-refractivity contribution in [3.8, 4) is 17.3 Å². The monoisotopic (exact) mass is 472 g/mol. The Kier molecular flexibility index (Phi) is 6.89. The van der Waals surface area contributed by atoms with Gasteiger partial charge in [0.15, 0.2) is 0 Å². The van der Waals surface area contributed by atoms with Gasteiger partial charge in [-0.25, -0.2) is 0 Å². The van der Waals surface area contributed by atoms with E-state index in [0.717, 1.165) is 11.1 Å². The first-order valence-corrected chi connectivity index (χ1v) is 10.8. The number of nitriles is 1. The van der Waals surface area contributed by atoms with Crippen molar-refractivity contribution in [2.45, 2.75) is 6.54 Å². The number of amides is 1. The van der Waals surface area contributed by atoms with Crippen molar-refractivity contribution in [1.82, 2.24) is 9.78 Å². The highest BCUT2D eigenvalue weighted by atomic mass is 35.5. The first-order valence-electron chi connectivity index (χ1n) is 10.1. The molecule has 7 heteroatoms. The van der Waals surface area contributed by atoms with E-state index in [1.165, 1.54) is 12.1 Å². The minimum Gasteiger partial charge on any atom is -0.320 e. The summed E-state index contributed by atoms with van der Waals surface area (Å²) in [4.78, 5) is 12.8. The molecule has 162 valence electrons. The van der Waals surface area contributed by atoms with Crippen molar-refractivity contribution in [3.05, 3.63) is 112 Å². The van der Waals surface area contributed by atoms with E-state index >= 15 is 0 Å². The molecular formula is C26H18Cl2N4O. The summed E-state index contributed by atoms with van der Waals surface area (Å²) in [7, 11) is 0. The molecule has 3 aromatic carbocycles. The van der Waals surface area contributed by atoms with Crippen molar-refractivity contribution in [2.75, 3.05) is 5.32 Å². The van der Waals surface area contributed by atoms with Gasteiger partial charge in [0.1, 0.15) is 11.6 Å². The molecule has 0 bridgehead atoms. The lowest BCUT2D eigenvalue weighted by molar-refractivity contribution is -0.112. The SMILES string of the molecule is N#C/C(=C\c1cn(Cc2ccccc2)nc1-c1ccccc1)C(=O)Nc1cc(Cl)ccc1Cl. The number of nitrogens with zero attached hydrogens (tertiary/aromatic N) is 3. The van der Waals surface area contributed by atoms with Crippen LogP contribution in [0.25, 0.3) is 17.3 Å². The zero-order chi connectivity index (χ0) is 23.2. The molecular weight excluding hydrogens is 455 g/mol. The van der Waals surface area contributed by atoms with Crippen LogP contribution in [0.3, 0.4) is 0 Å². The van der Waals surface area contributed by atoms with Crippen LogP contribution in [0.5, 0.6) is 0 Å². The maximum absolute atomic E-state index is 12.8. The molecule has 0 spiro atoms. The van der Waals surface area contributed by atoms with E-state index in [0.29, 0.717) is 33.5 Å². The van der Waals surface area contributed by atoms with Crippen molar-refractivity contribution in [1.29, 1.82) is 5.26 Å². The lowest BCUT2D eigenvalue weighted by Crippen LogP contribution is -2.13. The number of carbonyl (C=O) groups excluding carboxylic acids is 1. The normalized spacial score (nSPS) is 11.1. The summed E-state index contributed by atoms with van der Waals surface area (Å²) >= 11 is 12.1. The summed E-state index contributed by atoms with van der Waals surface area (Å²) in [5.74, 6) is -0.587. The molecule has 1 aromatic heterocycles. The number of hydrogen-bond acceptors (Lipinski definition) is 3. The van der Waals surface area contributed by atoms with Gasteiger partial charge in [0.2, 0.25) is 0 Å². The van der Waals surface area contributed by atoms with Crippen LogP contribution in [0.1, 0.15) is 11.1 Å². The fraction of sp³-hybridized carbons (Fsp3) is 0.0385. The first kappa shape index (κ1) is 22.3. The van der Waals surface area contributed by atoms with Crippen LogP contribution in [-0.2, 0) is 11.3 Å². The second-order valence-electron chi connectivity index (χ2n) is 7.23. The maximum Gasteiger partial charge on any atom is 0.266 e. The molecule has 1 heterocycles. The number of nitrogens with one attached hydrogen (secondary N) is 1. The zero-order valence-corrected chi connectivity index (χ0v) is 18.9. The second kappa shape index (κ2) is 10.2. The number of aromatic nitrogens is 2. The van der Waals surface area contributed by atoms with Crippen LogP contribution in [0.4, 0.5) is 5.69 Å². The Hall–Kier alpha value is -3.85. The molecule has 0 saturated carbocycles. The molecule has 0 aliphatic rings. The molecule has 0 fully saturated rings. The third-order valence-corrected chi connectivity index (χ3v) is 5.43. The van der Waals surface area contributed by atoms with Gasteiger partial charge in [0, 0.05) is 22.3 Å². The van der Waals surface area contributed by atoms with Crippen LogP contribution in [0.15, 0.2) is 90.6 Å². The molecule has 4 rings (SSSR count). The smallest absolute Gasteiger partial charge is 0.266 e. The average Bonchev–Trinajstić information content (AvgIpc) is 3.23. The van der Waals surface area contributed by atoms with Crippen molar-refractivity contribution >= 4 is 40.9 Å². The quantitative estimate of drug-likeness (QED) is 0.258. The third-order valence-electron chi connectivity index (χ3n) is 4.87. The van der Waals surface area contributed by atoms with E-state index in [4.69, 9.17) is 28.3 Å². The lowest BCUT2D eigenvalue weighted by atomic mass is 10.1. The van der Waals surface area contributed by atoms with Gasteiger partial charge in [0.05, 0.1) is 22.9 Å². The number of halogens is 2. The fourth-order valence-electron chi connectivity index (χ4n) is 3.30. The van der Waals surface area contributed by atoms with Crippen LogP contribution in [0, 0.1) is 11.3 Å². The molecule has 0 atom stereocenters. The topological polar surface area (TPSA) is 70.7 Å². The Morgan fingerprint density at radius 2 is 1.73 bits per heavy atom. The lowest BCUT2D eigenvalue weighted by Gasteiger charge is -2.07. The summed E-state index contributed by atoms with van der Waals surface area (Å²) < 4.78 is 1.80. The summed E-state index contributed by atoms with van der Waals surface area (Å²) in [5.41, 5.74) is 3.55. The molecule has 0 saturated heterocycles. The highest BCUT2D eigenvalue weighted by molar-refractivity contribution is 6.36. The van der Waals surface area contributed by atoms with Crippen LogP contribution < -0.4 is 5.32 Å². The van der Waals surface area contributed by atoms with E-state index in [1.807, 2.05) is 72.9 Å². The van der Waals surface area contributed by atoms with Gasteiger partial charge in [0.25, 0.3) is 5.91 Å². The van der Waals surface area contributed by atoms with Crippen LogP contribution in [0.2, 0.25) is 10.0 Å². The van der Waals surface area contributed by atoms with Crippen LogP contribution >= 0.6 is 23.2 Å². The number of benzene rings is 3. The van der Waals surface area contributed by atoms with Crippen molar-refractivity contribution in [2.24, 2.45) is 0 Å². The maximum atomic E-state index is 12.8. The molecule has 0 radical (unpaired) electrons. The van der Waals surface area contributed by atoms with E-state index in [9.17, 15) is 10.1 Å². The van der Waals surface area contributed by atoms with E-state index in [-0.39, 0.29) is 5.57 Å². The zero-order valence-electron chi connectivity index (χ0n) is 17.4. The summed E-state index contributed by atoms with van der Waals surface area (Å²) in [6, 6.07) is 26.3. The number of anilines is 1. The van der Waals surface area contributed by atoms with E-state index in [2.05, 4.69) is 5.32 Å². The second-order valence-corrected chi connectivity index (χ2v) is 8.07. The molecule has 0 aliphatic heterocycles. The predicted octanol–water partition coefficient (Wildman–Crippen LogP) is 6.45. The van der Waals surface area contributed by atoms with Gasteiger partial charge in [-0.1, -0.05) is 83.9 Å². The third kappa shape index (κ3) is 5.50. The molecule has 1 N–H and O–H groups in total. The average molecular weight is 473 g/mol. The molecule has 4 aromatic rings. The number of hydrogen-bond donors (Lipinski definition) is 1.